The SMILES string of the molecule is CC(Cc1ccc2c(c1)NCCO2)NCCCOC(C)C. The van der Waals surface area contributed by atoms with Crippen molar-refractivity contribution in [1.29, 1.82) is 0 Å². The lowest BCUT2D eigenvalue weighted by Gasteiger charge is -2.21. The molecule has 118 valence electrons. The lowest BCUT2D eigenvalue weighted by atomic mass is 10.1. The number of rotatable bonds is 8. The van der Waals surface area contributed by atoms with Crippen LogP contribution in [0.25, 0.3) is 0 Å². The third kappa shape index (κ3) is 5.56. The maximum atomic E-state index is 5.60. The first-order chi connectivity index (χ1) is 10.1. The Morgan fingerprint density at radius 2 is 2.19 bits per heavy atom. The molecule has 21 heavy (non-hydrogen) atoms. The molecular weight excluding hydrogens is 264 g/mol. The van der Waals surface area contributed by atoms with Gasteiger partial charge in [0.25, 0.3) is 0 Å². The van der Waals surface area contributed by atoms with Crippen LogP contribution in [0.2, 0.25) is 0 Å². The number of hydrogen-bond acceptors (Lipinski definition) is 4. The summed E-state index contributed by atoms with van der Waals surface area (Å²) in [7, 11) is 0. The fourth-order valence-electron chi connectivity index (χ4n) is 2.48. The van der Waals surface area contributed by atoms with E-state index in [2.05, 4.69) is 49.6 Å². The zero-order valence-electron chi connectivity index (χ0n) is 13.4. The van der Waals surface area contributed by atoms with Gasteiger partial charge in [-0.15, -0.1) is 0 Å². The van der Waals surface area contributed by atoms with E-state index in [-0.39, 0.29) is 0 Å². The van der Waals surface area contributed by atoms with Gasteiger partial charge in [0.1, 0.15) is 12.4 Å². The summed E-state index contributed by atoms with van der Waals surface area (Å²) >= 11 is 0. The lowest BCUT2D eigenvalue weighted by molar-refractivity contribution is 0.0768. The van der Waals surface area contributed by atoms with Gasteiger partial charge in [-0.25, -0.2) is 0 Å². The van der Waals surface area contributed by atoms with Crippen LogP contribution in [0.15, 0.2) is 18.2 Å². The largest absolute Gasteiger partial charge is 0.490 e. The molecule has 1 aromatic rings. The summed E-state index contributed by atoms with van der Waals surface area (Å²) < 4.78 is 11.1. The second-order valence-corrected chi connectivity index (χ2v) is 5.94. The number of ether oxygens (including phenoxy) is 2. The van der Waals surface area contributed by atoms with Gasteiger partial charge in [-0.2, -0.15) is 0 Å². The summed E-state index contributed by atoms with van der Waals surface area (Å²) in [5.74, 6) is 0.969. The van der Waals surface area contributed by atoms with Crippen molar-refractivity contribution in [3.05, 3.63) is 23.8 Å². The summed E-state index contributed by atoms with van der Waals surface area (Å²) in [5, 5.41) is 6.94. The molecule has 0 bridgehead atoms. The Labute approximate surface area is 128 Å². The molecule has 0 spiro atoms. The van der Waals surface area contributed by atoms with E-state index in [4.69, 9.17) is 9.47 Å². The number of fused-ring (bicyclic) bond motifs is 1. The van der Waals surface area contributed by atoms with Crippen LogP contribution in [0.5, 0.6) is 5.75 Å². The third-order valence-corrected chi connectivity index (χ3v) is 3.53. The molecule has 0 aliphatic carbocycles. The fourth-order valence-corrected chi connectivity index (χ4v) is 2.48. The maximum absolute atomic E-state index is 5.60. The molecule has 1 aliphatic heterocycles. The molecule has 2 N–H and O–H groups in total. The molecule has 1 atom stereocenters. The fraction of sp³-hybridized carbons (Fsp3) is 0.647. The average molecular weight is 292 g/mol. The Balaban J connectivity index is 1.71. The van der Waals surface area contributed by atoms with Gasteiger partial charge in [-0.05, 0) is 57.9 Å². The van der Waals surface area contributed by atoms with E-state index in [0.29, 0.717) is 12.1 Å². The predicted octanol–water partition coefficient (Wildman–Crippen LogP) is 2.83. The van der Waals surface area contributed by atoms with Gasteiger partial charge in [-0.1, -0.05) is 6.07 Å². The van der Waals surface area contributed by atoms with Crippen LogP contribution in [-0.4, -0.2) is 38.4 Å². The number of hydrogen-bond donors (Lipinski definition) is 2. The van der Waals surface area contributed by atoms with Crippen molar-refractivity contribution in [2.24, 2.45) is 0 Å². The highest BCUT2D eigenvalue weighted by molar-refractivity contribution is 5.59. The molecule has 0 aromatic heterocycles. The summed E-state index contributed by atoms with van der Waals surface area (Å²) in [4.78, 5) is 0. The first-order valence-electron chi connectivity index (χ1n) is 7.99. The predicted molar refractivity (Wildman–Crippen MR) is 87.3 cm³/mol. The minimum absolute atomic E-state index is 0.327. The van der Waals surface area contributed by atoms with E-state index in [9.17, 15) is 0 Å². The van der Waals surface area contributed by atoms with Crippen molar-refractivity contribution in [2.45, 2.75) is 45.8 Å². The van der Waals surface area contributed by atoms with Crippen LogP contribution < -0.4 is 15.4 Å². The molecule has 1 unspecified atom stereocenters. The van der Waals surface area contributed by atoms with Crippen molar-refractivity contribution in [2.75, 3.05) is 31.6 Å². The minimum Gasteiger partial charge on any atom is -0.490 e. The van der Waals surface area contributed by atoms with E-state index >= 15 is 0 Å². The maximum Gasteiger partial charge on any atom is 0.142 e. The Morgan fingerprint density at radius 1 is 1.33 bits per heavy atom. The van der Waals surface area contributed by atoms with Gasteiger partial charge in [0.05, 0.1) is 11.8 Å². The van der Waals surface area contributed by atoms with E-state index in [1.165, 1.54) is 5.56 Å². The minimum atomic E-state index is 0.327. The average Bonchev–Trinajstić information content (AvgIpc) is 2.46. The van der Waals surface area contributed by atoms with Crippen molar-refractivity contribution in [3.8, 4) is 5.75 Å². The first kappa shape index (κ1) is 16.1. The second-order valence-electron chi connectivity index (χ2n) is 5.94. The number of benzene rings is 1. The molecule has 0 saturated carbocycles. The second kappa shape index (κ2) is 8.25. The molecule has 1 heterocycles. The highest BCUT2D eigenvalue weighted by Crippen LogP contribution is 2.28. The zero-order valence-corrected chi connectivity index (χ0v) is 13.4. The Morgan fingerprint density at radius 3 is 3.00 bits per heavy atom. The number of nitrogens with one attached hydrogen (secondary N) is 2. The quantitative estimate of drug-likeness (QED) is 0.723. The molecule has 0 fully saturated rings. The summed E-state index contributed by atoms with van der Waals surface area (Å²) in [6, 6.07) is 6.90. The van der Waals surface area contributed by atoms with Crippen LogP contribution in [-0.2, 0) is 11.2 Å². The smallest absolute Gasteiger partial charge is 0.142 e. The normalized spacial score (nSPS) is 15.2. The standard InChI is InChI=1S/C17H28N2O2/c1-13(2)20-9-4-7-18-14(3)11-15-5-6-17-16(12-15)19-8-10-21-17/h5-6,12-14,18-19H,4,7-11H2,1-3H3. The van der Waals surface area contributed by atoms with Gasteiger partial charge in [0.2, 0.25) is 0 Å². The van der Waals surface area contributed by atoms with Crippen molar-refractivity contribution in [3.63, 3.8) is 0 Å². The molecule has 4 heteroatoms. The Kier molecular flexibility index (Phi) is 6.33. The van der Waals surface area contributed by atoms with Crippen LogP contribution in [0, 0.1) is 0 Å². The summed E-state index contributed by atoms with van der Waals surface area (Å²) in [6.07, 6.45) is 2.41. The molecule has 0 amide bonds. The summed E-state index contributed by atoms with van der Waals surface area (Å²) in [6.45, 7) is 9.85. The monoisotopic (exact) mass is 292 g/mol. The highest BCUT2D eigenvalue weighted by Gasteiger charge is 2.11. The van der Waals surface area contributed by atoms with E-state index in [1.807, 2.05) is 0 Å². The topological polar surface area (TPSA) is 42.5 Å². The van der Waals surface area contributed by atoms with Crippen molar-refractivity contribution in [1.82, 2.24) is 5.32 Å². The van der Waals surface area contributed by atoms with Gasteiger partial charge < -0.3 is 20.1 Å². The molecule has 1 aliphatic rings. The first-order valence-corrected chi connectivity index (χ1v) is 7.99. The molecule has 0 saturated heterocycles. The van der Waals surface area contributed by atoms with Crippen LogP contribution in [0.4, 0.5) is 5.69 Å². The van der Waals surface area contributed by atoms with Crippen LogP contribution >= 0.6 is 0 Å². The molecular formula is C17H28N2O2. The molecule has 0 radical (unpaired) electrons. The Hall–Kier alpha value is -1.26. The van der Waals surface area contributed by atoms with Gasteiger partial charge >= 0.3 is 0 Å². The molecule has 2 rings (SSSR count). The van der Waals surface area contributed by atoms with E-state index in [1.54, 1.807) is 0 Å². The Bertz CT molecular complexity index is 435. The van der Waals surface area contributed by atoms with Gasteiger partial charge in [-0.3, -0.25) is 0 Å². The summed E-state index contributed by atoms with van der Waals surface area (Å²) in [5.41, 5.74) is 2.46. The number of anilines is 1. The molecule has 4 nitrogen and oxygen atoms in total. The van der Waals surface area contributed by atoms with Crippen LogP contribution in [0.1, 0.15) is 32.8 Å². The third-order valence-electron chi connectivity index (χ3n) is 3.53. The molecule has 1 aromatic carbocycles. The van der Waals surface area contributed by atoms with E-state index in [0.717, 1.165) is 50.6 Å². The van der Waals surface area contributed by atoms with E-state index < -0.39 is 0 Å². The van der Waals surface area contributed by atoms with Crippen LogP contribution in [0.3, 0.4) is 0 Å². The highest BCUT2D eigenvalue weighted by atomic mass is 16.5. The van der Waals surface area contributed by atoms with Gasteiger partial charge in [0, 0.05) is 19.2 Å². The lowest BCUT2D eigenvalue weighted by Crippen LogP contribution is -2.29. The van der Waals surface area contributed by atoms with Gasteiger partial charge in [0.15, 0.2) is 0 Å². The van der Waals surface area contributed by atoms with Crippen molar-refractivity contribution >= 4 is 5.69 Å². The zero-order chi connectivity index (χ0) is 15.1. The van der Waals surface area contributed by atoms with Crippen molar-refractivity contribution < 1.29 is 9.47 Å².